The Morgan fingerprint density at radius 2 is 1.81 bits per heavy atom. The Morgan fingerprint density at radius 3 is 2.60 bits per heavy atom. The van der Waals surface area contributed by atoms with E-state index < -0.39 is 12.0 Å². The molecule has 4 N–H and O–H groups in total. The Hall–Kier alpha value is -2.99. The molecule has 5 heterocycles. The third-order valence-electron chi connectivity index (χ3n) is 10.8. The first-order valence-electron chi connectivity index (χ1n) is 16.0. The number of hydrogen-bond acceptors (Lipinski definition) is 10. The lowest BCUT2D eigenvalue weighted by atomic mass is 9.66. The molecule has 11 nitrogen and oxygen atoms in total. The van der Waals surface area contributed by atoms with Crippen molar-refractivity contribution in [1.29, 1.82) is 0 Å². The summed E-state index contributed by atoms with van der Waals surface area (Å²) < 4.78 is 21.3. The molecule has 0 radical (unpaired) electrons. The first kappa shape index (κ1) is 27.6. The monoisotopic (exact) mass is 588 g/mol. The summed E-state index contributed by atoms with van der Waals surface area (Å²) in [5.74, 6) is 0.426. The molecule has 3 aliphatic heterocycles. The molecule has 43 heavy (non-hydrogen) atoms. The molecule has 5 atom stereocenters. The number of rotatable bonds is 8. The van der Waals surface area contributed by atoms with Crippen molar-refractivity contribution < 1.29 is 14.2 Å². The van der Waals surface area contributed by atoms with Crippen LogP contribution in [0.3, 0.4) is 0 Å². The van der Waals surface area contributed by atoms with Crippen molar-refractivity contribution in [2.24, 2.45) is 5.92 Å². The van der Waals surface area contributed by atoms with Crippen molar-refractivity contribution in [3.8, 4) is 0 Å². The second kappa shape index (κ2) is 10.0. The minimum Gasteiger partial charge on any atom is -0.382 e. The molecule has 4 fully saturated rings. The third-order valence-corrected chi connectivity index (χ3v) is 10.8. The molecule has 0 spiro atoms. The topological polar surface area (TPSA) is 125 Å². The zero-order valence-electron chi connectivity index (χ0n) is 25.6. The largest absolute Gasteiger partial charge is 0.382 e. The smallest absolute Gasteiger partial charge is 0.167 e. The summed E-state index contributed by atoms with van der Waals surface area (Å²) >= 11 is 0. The van der Waals surface area contributed by atoms with Crippen LogP contribution >= 0.6 is 0 Å². The molecule has 0 bridgehead atoms. The Morgan fingerprint density at radius 1 is 1.02 bits per heavy atom. The van der Waals surface area contributed by atoms with E-state index in [0.29, 0.717) is 34.6 Å². The van der Waals surface area contributed by atoms with Crippen molar-refractivity contribution in [2.75, 3.05) is 30.0 Å². The molecule has 0 amide bonds. The van der Waals surface area contributed by atoms with E-state index in [2.05, 4.69) is 62.7 Å². The molecular weight excluding hydrogens is 544 g/mol. The lowest BCUT2D eigenvalue weighted by Crippen LogP contribution is -2.48. The fourth-order valence-corrected chi connectivity index (χ4v) is 7.93. The summed E-state index contributed by atoms with van der Waals surface area (Å²) in [5.41, 5.74) is 11.6. The average molecular weight is 589 g/mol. The second-order valence-corrected chi connectivity index (χ2v) is 14.2. The zero-order chi connectivity index (χ0) is 29.5. The highest BCUT2D eigenvalue weighted by Gasteiger charge is 2.56. The van der Waals surface area contributed by atoms with E-state index in [1.54, 1.807) is 6.33 Å². The zero-order valence-corrected chi connectivity index (χ0v) is 25.6. The normalized spacial score (nSPS) is 33.5. The molecular formula is C32H44N8O3. The van der Waals surface area contributed by atoms with E-state index in [-0.39, 0.29) is 18.3 Å². The summed E-state index contributed by atoms with van der Waals surface area (Å²) in [7, 11) is 2.21. The summed E-state index contributed by atoms with van der Waals surface area (Å²) in [6.45, 7) is 7.11. The number of aromatic nitrogens is 4. The van der Waals surface area contributed by atoms with Crippen molar-refractivity contribution in [3.05, 3.63) is 36.4 Å². The summed E-state index contributed by atoms with van der Waals surface area (Å²) in [6.07, 6.45) is 11.3. The molecule has 2 aromatic heterocycles. The minimum absolute atomic E-state index is 0.130. The Balaban J connectivity index is 0.855. The van der Waals surface area contributed by atoms with Gasteiger partial charge in [-0.2, -0.15) is 0 Å². The highest BCUT2D eigenvalue weighted by molar-refractivity contribution is 5.81. The number of nitrogens with two attached hydrogens (primary N) is 1. The molecule has 2 saturated heterocycles. The lowest BCUT2D eigenvalue weighted by Gasteiger charge is -2.42. The molecule has 5 aliphatic rings. The number of nitrogen functional groups attached to an aromatic ring is 1. The average Bonchev–Trinajstić information content (AvgIpc) is 3.68. The van der Waals surface area contributed by atoms with E-state index in [1.807, 2.05) is 18.4 Å². The van der Waals surface area contributed by atoms with Crippen LogP contribution in [0.25, 0.3) is 11.2 Å². The van der Waals surface area contributed by atoms with Crippen LogP contribution in [0.2, 0.25) is 0 Å². The van der Waals surface area contributed by atoms with Gasteiger partial charge in [0.2, 0.25) is 0 Å². The highest BCUT2D eigenvalue weighted by atomic mass is 16.8. The van der Waals surface area contributed by atoms with E-state index in [1.165, 1.54) is 61.8 Å². The number of imidazole rings is 1. The Labute approximate surface area is 252 Å². The van der Waals surface area contributed by atoms with Gasteiger partial charge < -0.3 is 35.5 Å². The van der Waals surface area contributed by atoms with Gasteiger partial charge in [0, 0.05) is 12.6 Å². The van der Waals surface area contributed by atoms with Gasteiger partial charge in [0.25, 0.3) is 0 Å². The van der Waals surface area contributed by atoms with Gasteiger partial charge in [0.1, 0.15) is 30.2 Å². The maximum atomic E-state index is 6.63. The number of nitrogens with one attached hydrogen (secondary N) is 2. The van der Waals surface area contributed by atoms with Crippen LogP contribution in [0, 0.1) is 5.92 Å². The van der Waals surface area contributed by atoms with Crippen molar-refractivity contribution in [1.82, 2.24) is 24.4 Å². The van der Waals surface area contributed by atoms with Gasteiger partial charge in [-0.3, -0.25) is 4.57 Å². The number of hydrogen-bond donors (Lipinski definition) is 3. The third kappa shape index (κ3) is 4.75. The molecule has 8 rings (SSSR count). The van der Waals surface area contributed by atoms with E-state index in [9.17, 15) is 0 Å². The van der Waals surface area contributed by atoms with Crippen LogP contribution in [-0.2, 0) is 19.6 Å². The van der Waals surface area contributed by atoms with E-state index in [4.69, 9.17) is 19.9 Å². The summed E-state index contributed by atoms with van der Waals surface area (Å²) in [5, 5.41) is 7.46. The van der Waals surface area contributed by atoms with Crippen LogP contribution in [0.1, 0.15) is 77.5 Å². The Bertz CT molecular complexity index is 1520. The first-order valence-corrected chi connectivity index (χ1v) is 16.0. The van der Waals surface area contributed by atoms with E-state index >= 15 is 0 Å². The molecule has 2 saturated carbocycles. The van der Waals surface area contributed by atoms with Crippen LogP contribution in [0.5, 0.6) is 0 Å². The van der Waals surface area contributed by atoms with Gasteiger partial charge in [-0.05, 0) is 88.4 Å². The fraction of sp³-hybridized carbons (Fsp3) is 0.656. The SMILES string of the molecule is CN(C[C@H]1O[C@@H](n2cnc3c(N)ncnc32)[C@@H]2OC(C)(C)O[C@@H]21)C1CC(CCC2Nc3ccc(C4(C)CCC4)cc3N2)C1. The molecule has 1 aromatic carbocycles. The quantitative estimate of drug-likeness (QED) is 0.343. The van der Waals surface area contributed by atoms with Gasteiger partial charge in [-0.1, -0.05) is 19.4 Å². The minimum atomic E-state index is -0.682. The number of nitrogens with zero attached hydrogens (tertiary/aromatic N) is 5. The van der Waals surface area contributed by atoms with Crippen LogP contribution in [0.15, 0.2) is 30.9 Å². The molecule has 11 heteroatoms. The van der Waals surface area contributed by atoms with Crippen LogP contribution < -0.4 is 16.4 Å². The second-order valence-electron chi connectivity index (χ2n) is 14.2. The standard InChI is InChI=1S/C32H44N8O3/c1-31(2)42-26-23(41-30(27(26)43-31)40-17-36-25-28(33)34-16-35-29(25)40)15-39(4)20-12-18(13-20)6-9-24-37-21-8-7-19(14-22(21)38-24)32(3)10-5-11-32/h7-8,14,16-18,20,23-24,26-27,30,37-38H,5-6,9-13,15H2,1-4H3,(H2,33,34,35)/t18?,20?,23-,24?,26-,27-,30-/m1/s1. The van der Waals surface area contributed by atoms with E-state index in [0.717, 1.165) is 18.9 Å². The van der Waals surface area contributed by atoms with Gasteiger partial charge >= 0.3 is 0 Å². The van der Waals surface area contributed by atoms with Gasteiger partial charge in [0.05, 0.1) is 23.9 Å². The number of likely N-dealkylation sites (N-methyl/N-ethyl adjacent to an activating group) is 1. The number of fused-ring (bicyclic) bond motifs is 3. The molecule has 230 valence electrons. The summed E-state index contributed by atoms with van der Waals surface area (Å²) in [4.78, 5) is 15.4. The highest BCUT2D eigenvalue weighted by Crippen LogP contribution is 2.47. The number of anilines is 3. The number of benzene rings is 1. The fourth-order valence-electron chi connectivity index (χ4n) is 7.93. The van der Waals surface area contributed by atoms with Crippen molar-refractivity contribution in [3.63, 3.8) is 0 Å². The van der Waals surface area contributed by atoms with Gasteiger partial charge in [0.15, 0.2) is 23.5 Å². The van der Waals surface area contributed by atoms with Crippen LogP contribution in [-0.4, -0.2) is 74.3 Å². The summed E-state index contributed by atoms with van der Waals surface area (Å²) in [6, 6.07) is 7.53. The van der Waals surface area contributed by atoms with Gasteiger partial charge in [-0.25, -0.2) is 15.0 Å². The van der Waals surface area contributed by atoms with Crippen LogP contribution in [0.4, 0.5) is 17.2 Å². The molecule has 1 unspecified atom stereocenters. The first-order chi connectivity index (χ1) is 20.7. The predicted molar refractivity (Wildman–Crippen MR) is 165 cm³/mol. The maximum Gasteiger partial charge on any atom is 0.167 e. The van der Waals surface area contributed by atoms with Crippen molar-refractivity contribution in [2.45, 2.75) is 114 Å². The van der Waals surface area contributed by atoms with Gasteiger partial charge in [-0.15, -0.1) is 0 Å². The molecule has 2 aliphatic carbocycles. The number of ether oxygens (including phenoxy) is 3. The Kier molecular flexibility index (Phi) is 6.42. The molecule has 3 aromatic rings. The van der Waals surface area contributed by atoms with Crippen molar-refractivity contribution >= 4 is 28.4 Å². The predicted octanol–water partition coefficient (Wildman–Crippen LogP) is 4.62. The lowest BCUT2D eigenvalue weighted by molar-refractivity contribution is -0.198. The maximum absolute atomic E-state index is 6.63.